The van der Waals surface area contributed by atoms with E-state index in [1.54, 1.807) is 0 Å². The van der Waals surface area contributed by atoms with Gasteiger partial charge in [-0.25, -0.2) is 0 Å². The number of ether oxygens (including phenoxy) is 2. The minimum absolute atomic E-state index is 0.00681. The van der Waals surface area contributed by atoms with Gasteiger partial charge in [0.15, 0.2) is 0 Å². The fourth-order valence-corrected chi connectivity index (χ4v) is 8.57. The van der Waals surface area contributed by atoms with E-state index in [0.29, 0.717) is 11.8 Å². The van der Waals surface area contributed by atoms with Crippen molar-refractivity contribution in [1.29, 1.82) is 0 Å². The average molecular weight is 637 g/mol. The van der Waals surface area contributed by atoms with Crippen LogP contribution >= 0.6 is 0 Å². The van der Waals surface area contributed by atoms with Crippen molar-refractivity contribution in [1.82, 2.24) is 0 Å². The summed E-state index contributed by atoms with van der Waals surface area (Å²) in [6, 6.07) is 45.0. The molecule has 6 aromatic carbocycles. The van der Waals surface area contributed by atoms with E-state index in [2.05, 4.69) is 163 Å². The van der Waals surface area contributed by atoms with E-state index >= 15 is 0 Å². The Bertz CT molecular complexity index is 2200. The van der Waals surface area contributed by atoms with Crippen LogP contribution in [0.4, 0.5) is 0 Å². The quantitative estimate of drug-likeness (QED) is 0.138. The molecule has 2 aliphatic heterocycles. The Morgan fingerprint density at radius 2 is 1.02 bits per heavy atom. The van der Waals surface area contributed by atoms with Crippen LogP contribution in [-0.4, -0.2) is 6.71 Å². The van der Waals surface area contributed by atoms with E-state index in [9.17, 15) is 0 Å². The van der Waals surface area contributed by atoms with E-state index < -0.39 is 0 Å². The second-order valence-electron chi connectivity index (χ2n) is 15.3. The highest BCUT2D eigenvalue weighted by atomic mass is 16.5. The molecule has 0 saturated carbocycles. The summed E-state index contributed by atoms with van der Waals surface area (Å²) in [5, 5.41) is 0. The first kappa shape index (κ1) is 30.1. The van der Waals surface area contributed by atoms with Gasteiger partial charge in [0, 0.05) is 16.8 Å². The van der Waals surface area contributed by atoms with Crippen LogP contribution in [0.15, 0.2) is 121 Å². The van der Waals surface area contributed by atoms with Crippen molar-refractivity contribution in [2.24, 2.45) is 0 Å². The lowest BCUT2D eigenvalue weighted by atomic mass is 9.34. The highest BCUT2D eigenvalue weighted by Gasteiger charge is 2.42. The van der Waals surface area contributed by atoms with Crippen LogP contribution in [0.1, 0.15) is 98.2 Å². The zero-order valence-electron chi connectivity index (χ0n) is 29.2. The van der Waals surface area contributed by atoms with Crippen molar-refractivity contribution < 1.29 is 9.47 Å². The average Bonchev–Trinajstić information content (AvgIpc) is 3.33. The van der Waals surface area contributed by atoms with Crippen LogP contribution < -0.4 is 25.9 Å². The minimum Gasteiger partial charge on any atom is -0.458 e. The largest absolute Gasteiger partial charge is 0.458 e. The summed E-state index contributed by atoms with van der Waals surface area (Å²) in [4.78, 5) is 0. The molecule has 240 valence electrons. The molecule has 3 aliphatic rings. The smallest absolute Gasteiger partial charge is 0.260 e. The molecule has 6 aromatic rings. The van der Waals surface area contributed by atoms with Gasteiger partial charge >= 0.3 is 0 Å². The maximum absolute atomic E-state index is 6.88. The van der Waals surface area contributed by atoms with E-state index in [1.807, 2.05) is 0 Å². The van der Waals surface area contributed by atoms with E-state index in [1.165, 1.54) is 55.4 Å². The monoisotopic (exact) mass is 636 g/mol. The van der Waals surface area contributed by atoms with Gasteiger partial charge in [-0.3, -0.25) is 0 Å². The first-order valence-corrected chi connectivity index (χ1v) is 17.8. The van der Waals surface area contributed by atoms with Crippen LogP contribution in [0.25, 0.3) is 11.1 Å². The third-order valence-corrected chi connectivity index (χ3v) is 11.3. The second-order valence-corrected chi connectivity index (χ2v) is 15.3. The number of hydrogen-bond acceptors (Lipinski definition) is 2. The summed E-state index contributed by atoms with van der Waals surface area (Å²) in [5.41, 5.74) is 15.3. The Balaban J connectivity index is 1.24. The normalized spacial score (nSPS) is 15.1. The minimum atomic E-state index is -0.0818. The van der Waals surface area contributed by atoms with Gasteiger partial charge in [0.2, 0.25) is 0 Å². The van der Waals surface area contributed by atoms with Gasteiger partial charge < -0.3 is 9.47 Å². The van der Waals surface area contributed by atoms with Crippen molar-refractivity contribution in [2.45, 2.75) is 64.7 Å². The number of rotatable bonds is 5. The first-order valence-electron chi connectivity index (χ1n) is 17.8. The molecule has 1 aliphatic carbocycles. The van der Waals surface area contributed by atoms with Crippen molar-refractivity contribution in [2.75, 3.05) is 0 Å². The lowest BCUT2D eigenvalue weighted by Gasteiger charge is -2.35. The van der Waals surface area contributed by atoms with Crippen LogP contribution in [0.2, 0.25) is 0 Å². The lowest BCUT2D eigenvalue weighted by molar-refractivity contribution is 0.463. The van der Waals surface area contributed by atoms with Crippen LogP contribution in [-0.2, 0) is 5.41 Å². The molecule has 1 unspecified atom stereocenters. The van der Waals surface area contributed by atoms with Gasteiger partial charge in [-0.2, -0.15) is 0 Å². The highest BCUT2D eigenvalue weighted by Crippen LogP contribution is 2.50. The Kier molecular flexibility index (Phi) is 6.75. The number of benzene rings is 6. The van der Waals surface area contributed by atoms with Gasteiger partial charge in [0.1, 0.15) is 23.0 Å². The molecule has 2 heterocycles. The van der Waals surface area contributed by atoms with Crippen molar-refractivity contribution in [3.63, 3.8) is 0 Å². The number of fused-ring (bicyclic) bond motifs is 7. The van der Waals surface area contributed by atoms with Gasteiger partial charge in [-0.15, -0.1) is 0 Å². The fourth-order valence-electron chi connectivity index (χ4n) is 8.57. The highest BCUT2D eigenvalue weighted by molar-refractivity contribution is 6.98. The summed E-state index contributed by atoms with van der Waals surface area (Å²) in [7, 11) is 0. The molecule has 3 heteroatoms. The van der Waals surface area contributed by atoms with E-state index in [-0.39, 0.29) is 18.0 Å². The predicted molar refractivity (Wildman–Crippen MR) is 204 cm³/mol. The molecule has 0 bridgehead atoms. The molecule has 0 saturated heterocycles. The fraction of sp³-hybridized carbons (Fsp3) is 0.217. The van der Waals surface area contributed by atoms with Crippen molar-refractivity contribution in [3.8, 4) is 34.1 Å². The molecule has 0 spiro atoms. The molecular weight excluding hydrogens is 595 g/mol. The van der Waals surface area contributed by atoms with Crippen molar-refractivity contribution >= 4 is 23.1 Å². The molecule has 9 rings (SSSR count). The maximum atomic E-state index is 6.88. The second kappa shape index (κ2) is 11.0. The summed E-state index contributed by atoms with van der Waals surface area (Å²) in [6.45, 7) is 13.8. The Labute approximate surface area is 290 Å². The SMILES string of the molecule is CC(C)c1ccc2c(c1)B1c3cc(C(C)C)ccc3Oc3cc(C(c4ccccc4)c4ccc5c(c4)C(C)(C)c4ccccc4-5)cc(c31)O2. The molecule has 0 radical (unpaired) electrons. The maximum Gasteiger partial charge on any atom is 0.260 e. The summed E-state index contributed by atoms with van der Waals surface area (Å²) >= 11 is 0. The van der Waals surface area contributed by atoms with E-state index in [0.717, 1.165) is 34.0 Å². The van der Waals surface area contributed by atoms with E-state index in [4.69, 9.17) is 9.47 Å². The Morgan fingerprint density at radius 1 is 0.469 bits per heavy atom. The van der Waals surface area contributed by atoms with Crippen LogP contribution in [0.5, 0.6) is 23.0 Å². The van der Waals surface area contributed by atoms with Gasteiger partial charge in [0.25, 0.3) is 6.71 Å². The molecule has 0 aromatic heterocycles. The Hall–Kier alpha value is -5.02. The summed E-state index contributed by atoms with van der Waals surface area (Å²) < 4.78 is 13.8. The lowest BCUT2D eigenvalue weighted by Crippen LogP contribution is -2.57. The van der Waals surface area contributed by atoms with Gasteiger partial charge in [0.05, 0.1) is 0 Å². The van der Waals surface area contributed by atoms with Gasteiger partial charge in [-0.05, 0) is 97.1 Å². The number of hydrogen-bond donors (Lipinski definition) is 0. The molecule has 0 fully saturated rings. The molecule has 0 amide bonds. The molecule has 0 N–H and O–H groups in total. The molecule has 1 atom stereocenters. The zero-order valence-corrected chi connectivity index (χ0v) is 29.2. The predicted octanol–water partition coefficient (Wildman–Crippen LogP) is 10.1. The molecule has 49 heavy (non-hydrogen) atoms. The standard InChI is InChI=1S/C46H41BO2/c1-27(2)30-17-20-40-38(23-30)47-39-24-31(28(3)4)18-21-41(39)49-43-26-33(25-42(48-40)45(43)47)44(29-12-8-7-9-13-29)32-16-19-35-34-14-10-11-15-36(34)46(5,6)37(35)22-32/h7-28,44H,1-6H3. The first-order chi connectivity index (χ1) is 23.7. The zero-order chi connectivity index (χ0) is 33.6. The third kappa shape index (κ3) is 4.62. The topological polar surface area (TPSA) is 18.5 Å². The third-order valence-electron chi connectivity index (χ3n) is 11.3. The Morgan fingerprint density at radius 3 is 1.63 bits per heavy atom. The van der Waals surface area contributed by atoms with Crippen molar-refractivity contribution in [3.05, 3.63) is 160 Å². The molecular formula is C46H41BO2. The molecule has 2 nitrogen and oxygen atoms in total. The van der Waals surface area contributed by atoms with Gasteiger partial charge in [-0.1, -0.05) is 139 Å². The van der Waals surface area contributed by atoms with Crippen LogP contribution in [0.3, 0.4) is 0 Å². The summed E-state index contributed by atoms with van der Waals surface area (Å²) in [5.74, 6) is 4.48. The van der Waals surface area contributed by atoms with Crippen LogP contribution in [0, 0.1) is 0 Å². The summed E-state index contributed by atoms with van der Waals surface area (Å²) in [6.07, 6.45) is 0.